The maximum atomic E-state index is 13.4. The number of piperazine rings is 1. The molecule has 29 heavy (non-hydrogen) atoms. The van der Waals surface area contributed by atoms with Crippen LogP contribution in [0.4, 0.5) is 4.39 Å². The van der Waals surface area contributed by atoms with Gasteiger partial charge in [-0.05, 0) is 12.1 Å². The first-order valence-corrected chi connectivity index (χ1v) is 10.4. The molecule has 1 aliphatic heterocycles. The number of methoxy groups -OCH3 is 1. The Morgan fingerprint density at radius 1 is 1.28 bits per heavy atom. The highest BCUT2D eigenvalue weighted by atomic mass is 32.1. The van der Waals surface area contributed by atoms with Crippen LogP contribution in [-0.4, -0.2) is 79.6 Å². The van der Waals surface area contributed by atoms with Gasteiger partial charge in [0.2, 0.25) is 11.8 Å². The van der Waals surface area contributed by atoms with E-state index in [2.05, 4.69) is 10.3 Å². The van der Waals surface area contributed by atoms with E-state index < -0.39 is 0 Å². The lowest BCUT2D eigenvalue weighted by atomic mass is 10.2. The van der Waals surface area contributed by atoms with E-state index in [1.807, 2.05) is 10.3 Å². The Bertz CT molecular complexity index is 837. The second-order valence-electron chi connectivity index (χ2n) is 6.83. The molecule has 1 aliphatic rings. The van der Waals surface area contributed by atoms with E-state index in [-0.39, 0.29) is 24.1 Å². The van der Waals surface area contributed by atoms with Gasteiger partial charge in [0, 0.05) is 50.8 Å². The van der Waals surface area contributed by atoms with Crippen LogP contribution in [0.3, 0.4) is 0 Å². The summed E-state index contributed by atoms with van der Waals surface area (Å²) in [5.41, 5.74) is 1.41. The minimum absolute atomic E-state index is 0.0188. The molecule has 0 atom stereocenters. The number of hydrogen-bond acceptors (Lipinski definition) is 6. The van der Waals surface area contributed by atoms with Crippen LogP contribution in [0, 0.1) is 5.82 Å². The Labute approximate surface area is 173 Å². The highest BCUT2D eigenvalue weighted by Crippen LogP contribution is 2.24. The number of amides is 2. The Balaban J connectivity index is 1.45. The molecule has 0 unspecified atom stereocenters. The van der Waals surface area contributed by atoms with E-state index in [4.69, 9.17) is 4.74 Å². The summed E-state index contributed by atoms with van der Waals surface area (Å²) < 4.78 is 18.3. The molecule has 2 amide bonds. The number of halogens is 1. The predicted octanol–water partition coefficient (Wildman–Crippen LogP) is 1.40. The number of carbonyl (C=O) groups is 2. The fourth-order valence-electron chi connectivity index (χ4n) is 3.12. The summed E-state index contributed by atoms with van der Waals surface area (Å²) in [6.45, 7) is 3.82. The average molecular weight is 421 g/mol. The Hall–Kier alpha value is -2.36. The Kier molecular flexibility index (Phi) is 7.68. The van der Waals surface area contributed by atoms with Gasteiger partial charge in [-0.15, -0.1) is 11.3 Å². The molecule has 1 saturated heterocycles. The molecular formula is C20H25FN4O3S. The third-order valence-electron chi connectivity index (χ3n) is 4.68. The third kappa shape index (κ3) is 6.31. The summed E-state index contributed by atoms with van der Waals surface area (Å²) in [4.78, 5) is 32.8. The maximum absolute atomic E-state index is 13.4. The lowest BCUT2D eigenvalue weighted by Gasteiger charge is -2.34. The van der Waals surface area contributed by atoms with E-state index in [0.717, 1.165) is 0 Å². The minimum atomic E-state index is -0.305. The Morgan fingerprint density at radius 3 is 2.79 bits per heavy atom. The quantitative estimate of drug-likeness (QED) is 0.654. The molecule has 1 fully saturated rings. The molecule has 7 nitrogen and oxygen atoms in total. The summed E-state index contributed by atoms with van der Waals surface area (Å²) in [6.07, 6.45) is 0.226. The number of aromatic nitrogens is 1. The molecule has 3 rings (SSSR count). The molecule has 156 valence electrons. The molecule has 0 spiro atoms. The second-order valence-corrected chi connectivity index (χ2v) is 7.69. The normalized spacial score (nSPS) is 14.8. The molecule has 0 bridgehead atoms. The monoisotopic (exact) mass is 420 g/mol. The number of nitrogens with zero attached hydrogens (tertiary/aromatic N) is 3. The summed E-state index contributed by atoms with van der Waals surface area (Å²) in [5, 5.41) is 5.35. The average Bonchev–Trinajstić information content (AvgIpc) is 3.17. The zero-order chi connectivity index (χ0) is 20.6. The molecule has 1 aromatic heterocycles. The van der Waals surface area contributed by atoms with Crippen LogP contribution in [0.15, 0.2) is 29.6 Å². The zero-order valence-corrected chi connectivity index (χ0v) is 17.2. The summed E-state index contributed by atoms with van der Waals surface area (Å²) in [5.74, 6) is -0.319. The number of carbonyl (C=O) groups excluding carboxylic acids is 2. The molecular weight excluding hydrogens is 395 g/mol. The van der Waals surface area contributed by atoms with Gasteiger partial charge in [-0.2, -0.15) is 0 Å². The molecule has 0 aliphatic carbocycles. The van der Waals surface area contributed by atoms with Crippen molar-refractivity contribution in [3.63, 3.8) is 0 Å². The van der Waals surface area contributed by atoms with Crippen molar-refractivity contribution in [2.45, 2.75) is 6.42 Å². The first-order valence-electron chi connectivity index (χ1n) is 9.51. The van der Waals surface area contributed by atoms with Gasteiger partial charge in [-0.3, -0.25) is 14.5 Å². The maximum Gasteiger partial charge on any atom is 0.234 e. The summed E-state index contributed by atoms with van der Waals surface area (Å²) in [6, 6.07) is 6.28. The Morgan fingerprint density at radius 2 is 2.07 bits per heavy atom. The molecule has 2 heterocycles. The van der Waals surface area contributed by atoms with Crippen LogP contribution in [0.25, 0.3) is 10.6 Å². The number of nitrogens with one attached hydrogen (secondary N) is 1. The lowest BCUT2D eigenvalue weighted by molar-refractivity contribution is -0.132. The van der Waals surface area contributed by atoms with Crippen LogP contribution in [0.1, 0.15) is 5.69 Å². The van der Waals surface area contributed by atoms with Crippen molar-refractivity contribution < 1.29 is 18.7 Å². The van der Waals surface area contributed by atoms with Crippen molar-refractivity contribution in [3.8, 4) is 10.6 Å². The molecule has 0 saturated carbocycles. The number of ether oxygens (including phenoxy) is 1. The zero-order valence-electron chi connectivity index (χ0n) is 16.4. The molecule has 2 aromatic rings. The number of hydrogen-bond donors (Lipinski definition) is 1. The van der Waals surface area contributed by atoms with Crippen LogP contribution in [0.2, 0.25) is 0 Å². The van der Waals surface area contributed by atoms with Gasteiger partial charge in [0.25, 0.3) is 0 Å². The van der Waals surface area contributed by atoms with Crippen molar-refractivity contribution in [3.05, 3.63) is 41.2 Å². The first kappa shape index (κ1) is 21.4. The van der Waals surface area contributed by atoms with Crippen molar-refractivity contribution in [2.75, 3.05) is 53.0 Å². The first-order chi connectivity index (χ1) is 14.0. The topological polar surface area (TPSA) is 74.8 Å². The highest BCUT2D eigenvalue weighted by molar-refractivity contribution is 7.13. The summed E-state index contributed by atoms with van der Waals surface area (Å²) in [7, 11) is 1.59. The van der Waals surface area contributed by atoms with Gasteiger partial charge in [-0.1, -0.05) is 12.1 Å². The van der Waals surface area contributed by atoms with Crippen molar-refractivity contribution in [1.82, 2.24) is 20.1 Å². The summed E-state index contributed by atoms with van der Waals surface area (Å²) >= 11 is 1.41. The molecule has 1 N–H and O–H groups in total. The van der Waals surface area contributed by atoms with E-state index in [0.29, 0.717) is 62.1 Å². The predicted molar refractivity (Wildman–Crippen MR) is 109 cm³/mol. The van der Waals surface area contributed by atoms with E-state index >= 15 is 0 Å². The lowest BCUT2D eigenvalue weighted by Crippen LogP contribution is -2.51. The van der Waals surface area contributed by atoms with Crippen LogP contribution >= 0.6 is 11.3 Å². The molecule has 0 radical (unpaired) electrons. The van der Waals surface area contributed by atoms with Gasteiger partial charge in [0.15, 0.2) is 0 Å². The number of benzene rings is 1. The molecule has 9 heteroatoms. The van der Waals surface area contributed by atoms with E-state index in [1.165, 1.54) is 23.5 Å². The fourth-order valence-corrected chi connectivity index (χ4v) is 3.93. The van der Waals surface area contributed by atoms with Gasteiger partial charge in [0.05, 0.1) is 25.3 Å². The van der Waals surface area contributed by atoms with Gasteiger partial charge in [-0.25, -0.2) is 9.37 Å². The van der Waals surface area contributed by atoms with E-state index in [1.54, 1.807) is 24.1 Å². The second kappa shape index (κ2) is 10.4. The largest absolute Gasteiger partial charge is 0.383 e. The third-order valence-corrected chi connectivity index (χ3v) is 5.62. The van der Waals surface area contributed by atoms with Crippen molar-refractivity contribution in [1.29, 1.82) is 0 Å². The van der Waals surface area contributed by atoms with Crippen LogP contribution in [0.5, 0.6) is 0 Å². The SMILES string of the molecule is COCCNC(=O)CN1CCN(C(=O)Cc2csc(-c3cccc(F)c3)n2)CC1. The van der Waals surface area contributed by atoms with Crippen LogP contribution < -0.4 is 5.32 Å². The number of rotatable bonds is 8. The fraction of sp³-hybridized carbons (Fsp3) is 0.450. The van der Waals surface area contributed by atoms with Crippen molar-refractivity contribution >= 4 is 23.2 Å². The van der Waals surface area contributed by atoms with Gasteiger partial charge < -0.3 is 15.0 Å². The smallest absolute Gasteiger partial charge is 0.234 e. The molecule has 1 aromatic carbocycles. The standard InChI is InChI=1S/C20H25FN4O3S/c1-28-10-5-22-18(26)13-24-6-8-25(9-7-24)19(27)12-17-14-29-20(23-17)15-3-2-4-16(21)11-15/h2-4,11,14H,5-10,12-13H2,1H3,(H,22,26). The van der Waals surface area contributed by atoms with Crippen molar-refractivity contribution in [2.24, 2.45) is 0 Å². The minimum Gasteiger partial charge on any atom is -0.383 e. The van der Waals surface area contributed by atoms with E-state index in [9.17, 15) is 14.0 Å². The number of thiazole rings is 1. The van der Waals surface area contributed by atoms with Gasteiger partial charge >= 0.3 is 0 Å². The highest BCUT2D eigenvalue weighted by Gasteiger charge is 2.23. The van der Waals surface area contributed by atoms with Crippen LogP contribution in [-0.2, 0) is 20.7 Å². The van der Waals surface area contributed by atoms with Gasteiger partial charge in [0.1, 0.15) is 10.8 Å².